The van der Waals surface area contributed by atoms with Gasteiger partial charge < -0.3 is 0 Å². The van der Waals surface area contributed by atoms with Crippen LogP contribution in [0.15, 0.2) is 29.4 Å². The molecule has 0 bridgehead atoms. The first-order chi connectivity index (χ1) is 7.31. The van der Waals surface area contributed by atoms with Gasteiger partial charge in [-0.1, -0.05) is 11.3 Å². The number of halogens is 1. The molecule has 2 aromatic rings. The number of pyridine rings is 1. The van der Waals surface area contributed by atoms with Gasteiger partial charge in [0.1, 0.15) is 5.52 Å². The van der Waals surface area contributed by atoms with Crippen molar-refractivity contribution in [2.24, 2.45) is 0 Å². The van der Waals surface area contributed by atoms with Crippen LogP contribution in [0.4, 0.5) is 0 Å². The molecule has 15 heavy (non-hydrogen) atoms. The van der Waals surface area contributed by atoms with Crippen molar-refractivity contribution < 1.29 is 0 Å². The minimum Gasteiger partial charge on any atom is -0.234 e. The van der Waals surface area contributed by atoms with E-state index in [-0.39, 0.29) is 0 Å². The quantitative estimate of drug-likeness (QED) is 0.631. The van der Waals surface area contributed by atoms with Crippen LogP contribution in [0.1, 0.15) is 12.8 Å². The molecule has 78 valence electrons. The average molecular weight is 267 g/mol. The average Bonchev–Trinajstić information content (AvgIpc) is 2.61. The first kappa shape index (κ1) is 10.3. The largest absolute Gasteiger partial charge is 0.234 e. The molecule has 0 aliphatic rings. The molecule has 0 atom stereocenters. The Balaban J connectivity index is 2.24. The van der Waals surface area contributed by atoms with Gasteiger partial charge in [-0.15, -0.1) is 11.7 Å². The fourth-order valence-corrected chi connectivity index (χ4v) is 1.69. The minimum absolute atomic E-state index is 0.822. The highest BCUT2D eigenvalue weighted by Crippen LogP contribution is 2.14. The third kappa shape index (κ3) is 2.23. The van der Waals surface area contributed by atoms with Crippen molar-refractivity contribution in [1.29, 1.82) is 0 Å². The van der Waals surface area contributed by atoms with E-state index in [1.54, 1.807) is 6.20 Å². The lowest BCUT2D eigenvalue weighted by Crippen LogP contribution is -2.00. The SMILES string of the molecule is C=CCCCn1nnc2cc(Br)cnc21. The highest BCUT2D eigenvalue weighted by Gasteiger charge is 2.05. The van der Waals surface area contributed by atoms with E-state index in [9.17, 15) is 0 Å². The van der Waals surface area contributed by atoms with Crippen LogP contribution in [0.3, 0.4) is 0 Å². The molecule has 0 aliphatic carbocycles. The lowest BCUT2D eigenvalue weighted by Gasteiger charge is -1.98. The number of nitrogens with zero attached hydrogens (tertiary/aromatic N) is 4. The summed E-state index contributed by atoms with van der Waals surface area (Å²) in [7, 11) is 0. The van der Waals surface area contributed by atoms with Gasteiger partial charge in [-0.05, 0) is 34.8 Å². The third-order valence-electron chi connectivity index (χ3n) is 2.10. The van der Waals surface area contributed by atoms with E-state index in [1.165, 1.54) is 0 Å². The van der Waals surface area contributed by atoms with E-state index in [1.807, 2.05) is 16.8 Å². The van der Waals surface area contributed by atoms with Crippen molar-refractivity contribution in [2.75, 3.05) is 0 Å². The van der Waals surface area contributed by atoms with Crippen LogP contribution < -0.4 is 0 Å². The molecule has 0 saturated heterocycles. The summed E-state index contributed by atoms with van der Waals surface area (Å²) in [4.78, 5) is 4.28. The molecule has 0 aromatic carbocycles. The lowest BCUT2D eigenvalue weighted by atomic mass is 10.3. The Bertz CT molecular complexity index is 477. The van der Waals surface area contributed by atoms with Gasteiger partial charge in [0.05, 0.1) is 0 Å². The van der Waals surface area contributed by atoms with E-state index in [0.29, 0.717) is 0 Å². The highest BCUT2D eigenvalue weighted by molar-refractivity contribution is 9.10. The van der Waals surface area contributed by atoms with Gasteiger partial charge in [0, 0.05) is 17.2 Å². The molecule has 0 N–H and O–H groups in total. The monoisotopic (exact) mass is 266 g/mol. The molecule has 0 amide bonds. The summed E-state index contributed by atoms with van der Waals surface area (Å²) < 4.78 is 2.75. The zero-order chi connectivity index (χ0) is 10.7. The zero-order valence-corrected chi connectivity index (χ0v) is 9.81. The van der Waals surface area contributed by atoms with Crippen molar-refractivity contribution in [3.05, 3.63) is 29.4 Å². The van der Waals surface area contributed by atoms with Gasteiger partial charge in [-0.2, -0.15) is 0 Å². The fourth-order valence-electron chi connectivity index (χ4n) is 1.37. The Kier molecular flexibility index (Phi) is 3.11. The van der Waals surface area contributed by atoms with E-state index in [2.05, 4.69) is 37.8 Å². The summed E-state index contributed by atoms with van der Waals surface area (Å²) >= 11 is 3.35. The van der Waals surface area contributed by atoms with Gasteiger partial charge in [-0.25, -0.2) is 9.67 Å². The van der Waals surface area contributed by atoms with Gasteiger partial charge in [0.15, 0.2) is 5.65 Å². The number of allylic oxidation sites excluding steroid dienone is 1. The topological polar surface area (TPSA) is 43.6 Å². The van der Waals surface area contributed by atoms with Crippen molar-refractivity contribution >= 4 is 27.1 Å². The van der Waals surface area contributed by atoms with E-state index < -0.39 is 0 Å². The van der Waals surface area contributed by atoms with Crippen molar-refractivity contribution in [3.8, 4) is 0 Å². The second-order valence-electron chi connectivity index (χ2n) is 3.24. The Morgan fingerprint density at radius 3 is 3.20 bits per heavy atom. The molecule has 0 saturated carbocycles. The van der Waals surface area contributed by atoms with Crippen LogP contribution in [-0.2, 0) is 6.54 Å². The Labute approximate surface area is 96.1 Å². The maximum Gasteiger partial charge on any atom is 0.178 e. The molecule has 0 unspecified atom stereocenters. The first-order valence-corrected chi connectivity index (χ1v) is 5.56. The maximum atomic E-state index is 4.28. The highest BCUT2D eigenvalue weighted by atomic mass is 79.9. The number of aromatic nitrogens is 4. The fraction of sp³-hybridized carbons (Fsp3) is 0.300. The van der Waals surface area contributed by atoms with Crippen molar-refractivity contribution in [1.82, 2.24) is 20.0 Å². The number of hydrogen-bond acceptors (Lipinski definition) is 3. The van der Waals surface area contributed by atoms with E-state index in [0.717, 1.165) is 35.0 Å². The standard InChI is InChI=1S/C10H11BrN4/c1-2-3-4-5-15-10-9(13-14-15)6-8(11)7-12-10/h2,6-7H,1,3-5H2. The number of unbranched alkanes of at least 4 members (excludes halogenated alkanes) is 1. The Hall–Kier alpha value is -1.23. The first-order valence-electron chi connectivity index (χ1n) is 4.77. The van der Waals surface area contributed by atoms with Crippen LogP contribution in [0.2, 0.25) is 0 Å². The van der Waals surface area contributed by atoms with Crippen LogP contribution in [0, 0.1) is 0 Å². The summed E-state index contributed by atoms with van der Waals surface area (Å²) in [6.07, 6.45) is 5.66. The predicted molar refractivity (Wildman–Crippen MR) is 62.5 cm³/mol. The maximum absolute atomic E-state index is 4.28. The van der Waals surface area contributed by atoms with Crippen LogP contribution >= 0.6 is 15.9 Å². The molecule has 0 radical (unpaired) electrons. The van der Waals surface area contributed by atoms with Gasteiger partial charge in [0.2, 0.25) is 0 Å². The molecular weight excluding hydrogens is 256 g/mol. The normalized spacial score (nSPS) is 10.7. The minimum atomic E-state index is 0.822. The number of hydrogen-bond donors (Lipinski definition) is 0. The molecular formula is C10H11BrN4. The second kappa shape index (κ2) is 4.53. The van der Waals surface area contributed by atoms with Gasteiger partial charge in [0.25, 0.3) is 0 Å². The molecule has 5 heteroatoms. The second-order valence-corrected chi connectivity index (χ2v) is 4.16. The Morgan fingerprint density at radius 1 is 1.53 bits per heavy atom. The van der Waals surface area contributed by atoms with Gasteiger partial charge >= 0.3 is 0 Å². The molecule has 2 aromatic heterocycles. The molecule has 2 heterocycles. The predicted octanol–water partition coefficient (Wildman–Crippen LogP) is 2.56. The molecule has 0 spiro atoms. The number of fused-ring (bicyclic) bond motifs is 1. The Morgan fingerprint density at radius 2 is 2.40 bits per heavy atom. The van der Waals surface area contributed by atoms with E-state index >= 15 is 0 Å². The zero-order valence-electron chi connectivity index (χ0n) is 8.23. The number of aryl methyl sites for hydroxylation is 1. The molecule has 0 aliphatic heterocycles. The smallest absolute Gasteiger partial charge is 0.178 e. The van der Waals surface area contributed by atoms with Crippen molar-refractivity contribution in [3.63, 3.8) is 0 Å². The van der Waals surface area contributed by atoms with Gasteiger partial charge in [-0.3, -0.25) is 0 Å². The van der Waals surface area contributed by atoms with Crippen LogP contribution in [0.5, 0.6) is 0 Å². The molecule has 4 nitrogen and oxygen atoms in total. The summed E-state index contributed by atoms with van der Waals surface area (Å²) in [6.45, 7) is 4.52. The summed E-state index contributed by atoms with van der Waals surface area (Å²) in [6, 6.07) is 1.92. The summed E-state index contributed by atoms with van der Waals surface area (Å²) in [5, 5.41) is 8.11. The number of rotatable bonds is 4. The van der Waals surface area contributed by atoms with Crippen LogP contribution in [-0.4, -0.2) is 20.0 Å². The third-order valence-corrected chi connectivity index (χ3v) is 2.53. The van der Waals surface area contributed by atoms with Crippen molar-refractivity contribution in [2.45, 2.75) is 19.4 Å². The molecule has 0 fully saturated rings. The molecule has 2 rings (SSSR count). The summed E-state index contributed by atoms with van der Waals surface area (Å²) in [5.74, 6) is 0. The van der Waals surface area contributed by atoms with E-state index in [4.69, 9.17) is 0 Å². The lowest BCUT2D eigenvalue weighted by molar-refractivity contribution is 0.574. The van der Waals surface area contributed by atoms with Crippen LogP contribution in [0.25, 0.3) is 11.2 Å². The summed E-state index contributed by atoms with van der Waals surface area (Å²) in [5.41, 5.74) is 1.66.